The number of rotatable bonds is 4. The van der Waals surface area contributed by atoms with E-state index in [1.54, 1.807) is 18.3 Å². The van der Waals surface area contributed by atoms with Crippen LogP contribution < -0.4 is 4.74 Å². The Morgan fingerprint density at radius 3 is 2.65 bits per heavy atom. The number of aliphatic hydroxyl groups excluding tert-OH is 1. The van der Waals surface area contributed by atoms with E-state index < -0.39 is 18.0 Å². The van der Waals surface area contributed by atoms with Crippen LogP contribution in [0.2, 0.25) is 5.15 Å². The monoisotopic (exact) mass is 490 g/mol. The Kier molecular flexibility index (Phi) is 5.67. The Morgan fingerprint density at radius 2 is 1.97 bits per heavy atom. The van der Waals surface area contributed by atoms with Crippen molar-refractivity contribution >= 4 is 22.5 Å². The number of fused-ring (bicyclic) bond motifs is 1. The summed E-state index contributed by atoms with van der Waals surface area (Å²) in [7, 11) is 0. The summed E-state index contributed by atoms with van der Waals surface area (Å²) >= 11 is 6.47. The summed E-state index contributed by atoms with van der Waals surface area (Å²) in [4.78, 5) is 11.3. The van der Waals surface area contributed by atoms with Crippen molar-refractivity contribution in [1.82, 2.24) is 19.5 Å². The summed E-state index contributed by atoms with van der Waals surface area (Å²) in [5.74, 6) is 0.298. The molecule has 0 amide bonds. The lowest BCUT2D eigenvalue weighted by molar-refractivity contribution is -0.141. The third-order valence-corrected chi connectivity index (χ3v) is 5.87. The first-order valence-electron chi connectivity index (χ1n) is 10.3. The molecular weight excluding hydrogens is 473 g/mol. The number of pyridine rings is 1. The molecule has 0 aliphatic carbocycles. The molecule has 1 aliphatic rings. The van der Waals surface area contributed by atoms with E-state index in [4.69, 9.17) is 21.1 Å². The van der Waals surface area contributed by atoms with Gasteiger partial charge in [-0.15, -0.1) is 0 Å². The maximum Gasteiger partial charge on any atom is 0.434 e. The third kappa shape index (κ3) is 4.20. The molecule has 0 spiro atoms. The fourth-order valence-electron chi connectivity index (χ4n) is 4.05. The number of halogens is 4. The Morgan fingerprint density at radius 1 is 1.15 bits per heavy atom. The van der Waals surface area contributed by atoms with Crippen LogP contribution in [-0.2, 0) is 10.9 Å². The van der Waals surface area contributed by atoms with Gasteiger partial charge in [0.2, 0.25) is 5.88 Å². The highest BCUT2D eigenvalue weighted by molar-refractivity contribution is 6.35. The molecule has 1 fully saturated rings. The summed E-state index contributed by atoms with van der Waals surface area (Å²) in [5, 5.41) is 11.4. The normalized spacial score (nSPS) is 18.5. The Labute approximate surface area is 196 Å². The zero-order valence-electron chi connectivity index (χ0n) is 17.8. The molecule has 5 rings (SSSR count). The molecule has 1 aromatic carbocycles. The number of benzene rings is 1. The molecule has 4 heterocycles. The van der Waals surface area contributed by atoms with E-state index in [1.807, 2.05) is 29.8 Å². The number of ether oxygens (including phenoxy) is 2. The highest BCUT2D eigenvalue weighted by Gasteiger charge is 2.33. The van der Waals surface area contributed by atoms with Gasteiger partial charge in [-0.05, 0) is 36.2 Å². The van der Waals surface area contributed by atoms with Gasteiger partial charge in [-0.25, -0.2) is 15.0 Å². The molecule has 1 saturated heterocycles. The van der Waals surface area contributed by atoms with Crippen molar-refractivity contribution in [2.24, 2.45) is 0 Å². The van der Waals surface area contributed by atoms with E-state index in [2.05, 4.69) is 15.0 Å². The second kappa shape index (κ2) is 8.53. The summed E-state index contributed by atoms with van der Waals surface area (Å²) in [6.07, 6.45) is -0.205. The first-order chi connectivity index (χ1) is 16.2. The molecule has 11 heteroatoms. The average molecular weight is 491 g/mol. The fourth-order valence-corrected chi connectivity index (χ4v) is 4.31. The maximum absolute atomic E-state index is 12.8. The quantitative estimate of drug-likeness (QED) is 0.396. The van der Waals surface area contributed by atoms with E-state index in [1.165, 1.54) is 0 Å². The molecule has 176 valence electrons. The largest absolute Gasteiger partial charge is 0.437 e. The van der Waals surface area contributed by atoms with Crippen molar-refractivity contribution in [2.45, 2.75) is 25.2 Å². The Hall–Kier alpha value is -3.21. The van der Waals surface area contributed by atoms with Gasteiger partial charge in [0, 0.05) is 23.3 Å². The summed E-state index contributed by atoms with van der Waals surface area (Å²) in [6.45, 7) is 2.47. The van der Waals surface area contributed by atoms with Crippen LogP contribution in [0.25, 0.3) is 22.0 Å². The van der Waals surface area contributed by atoms with Crippen LogP contribution in [-0.4, -0.2) is 43.9 Å². The van der Waals surface area contributed by atoms with E-state index in [9.17, 15) is 18.3 Å². The van der Waals surface area contributed by atoms with E-state index >= 15 is 0 Å². The van der Waals surface area contributed by atoms with Crippen molar-refractivity contribution in [1.29, 1.82) is 0 Å². The van der Waals surface area contributed by atoms with Crippen LogP contribution in [0.3, 0.4) is 0 Å². The molecule has 0 radical (unpaired) electrons. The molecule has 1 N–H and O–H groups in total. The SMILES string of the molecule is Cc1cc(Oc2cnc(C(F)(F)F)cn2)cc(-c2cn([C@H]3COC[C@H]3O)c3ccnc(Cl)c23)c1. The minimum atomic E-state index is -4.58. The minimum absolute atomic E-state index is 0.0714. The van der Waals surface area contributed by atoms with Crippen molar-refractivity contribution in [2.75, 3.05) is 13.2 Å². The molecule has 7 nitrogen and oxygen atoms in total. The van der Waals surface area contributed by atoms with Crippen LogP contribution >= 0.6 is 11.6 Å². The van der Waals surface area contributed by atoms with Crippen molar-refractivity contribution in [3.63, 3.8) is 0 Å². The number of aryl methyl sites for hydroxylation is 1. The smallest absolute Gasteiger partial charge is 0.434 e. The van der Waals surface area contributed by atoms with E-state index in [0.29, 0.717) is 29.1 Å². The lowest BCUT2D eigenvalue weighted by Crippen LogP contribution is -2.21. The van der Waals surface area contributed by atoms with Crippen LogP contribution in [0, 0.1) is 6.92 Å². The molecule has 1 aliphatic heterocycles. The van der Waals surface area contributed by atoms with E-state index in [-0.39, 0.29) is 18.5 Å². The first-order valence-corrected chi connectivity index (χ1v) is 10.7. The van der Waals surface area contributed by atoms with Gasteiger partial charge in [-0.2, -0.15) is 13.2 Å². The number of aromatic nitrogens is 4. The third-order valence-electron chi connectivity index (χ3n) is 5.58. The minimum Gasteiger partial charge on any atom is -0.437 e. The van der Waals surface area contributed by atoms with Gasteiger partial charge in [0.1, 0.15) is 17.0 Å². The predicted molar refractivity (Wildman–Crippen MR) is 118 cm³/mol. The summed E-state index contributed by atoms with van der Waals surface area (Å²) in [6, 6.07) is 6.93. The van der Waals surface area contributed by atoms with Gasteiger partial charge in [-0.3, -0.25) is 0 Å². The van der Waals surface area contributed by atoms with Crippen LogP contribution in [0.1, 0.15) is 17.3 Å². The molecule has 0 unspecified atom stereocenters. The highest BCUT2D eigenvalue weighted by atomic mass is 35.5. The fraction of sp³-hybridized carbons (Fsp3) is 0.261. The van der Waals surface area contributed by atoms with Crippen LogP contribution in [0.5, 0.6) is 11.6 Å². The van der Waals surface area contributed by atoms with Crippen molar-refractivity contribution in [3.05, 3.63) is 65.5 Å². The standard InChI is InChI=1S/C23H18ClF3N4O3/c1-12-4-13(6-14(5-12)34-20-8-29-19(7-30-20)23(25,26)27)15-9-31(17-10-33-11-18(17)32)16-2-3-28-22(24)21(15)16/h2-9,17-18,32H,10-11H2,1H3/t17-,18+/m0/s1. The molecule has 34 heavy (non-hydrogen) atoms. The summed E-state index contributed by atoms with van der Waals surface area (Å²) < 4.78 is 51.3. The number of aliphatic hydroxyl groups is 1. The molecular formula is C23H18ClF3N4O3. The molecule has 2 atom stereocenters. The zero-order chi connectivity index (χ0) is 24.0. The van der Waals surface area contributed by atoms with Gasteiger partial charge in [-0.1, -0.05) is 17.7 Å². The lowest BCUT2D eigenvalue weighted by atomic mass is 10.0. The maximum atomic E-state index is 12.8. The van der Waals surface area contributed by atoms with Gasteiger partial charge in [0.05, 0.1) is 37.2 Å². The van der Waals surface area contributed by atoms with Crippen molar-refractivity contribution in [3.8, 4) is 22.8 Å². The number of alkyl halides is 3. The number of nitrogens with zero attached hydrogens (tertiary/aromatic N) is 4. The first kappa shape index (κ1) is 22.6. The number of hydrogen-bond acceptors (Lipinski definition) is 6. The van der Waals surface area contributed by atoms with Gasteiger partial charge in [0.15, 0.2) is 5.69 Å². The number of hydrogen-bond donors (Lipinski definition) is 1. The Balaban J connectivity index is 1.55. The average Bonchev–Trinajstić information content (AvgIpc) is 3.37. The van der Waals surface area contributed by atoms with Gasteiger partial charge < -0.3 is 19.1 Å². The second-order valence-corrected chi connectivity index (χ2v) is 8.35. The molecule has 0 bridgehead atoms. The van der Waals surface area contributed by atoms with E-state index in [0.717, 1.165) is 28.4 Å². The van der Waals surface area contributed by atoms with Crippen LogP contribution in [0.4, 0.5) is 13.2 Å². The van der Waals surface area contributed by atoms with Gasteiger partial charge >= 0.3 is 6.18 Å². The summed E-state index contributed by atoms with van der Waals surface area (Å²) in [5.41, 5.74) is 2.05. The topological polar surface area (TPSA) is 82.3 Å². The highest BCUT2D eigenvalue weighted by Crippen LogP contribution is 2.39. The van der Waals surface area contributed by atoms with Crippen molar-refractivity contribution < 1.29 is 27.8 Å². The Bertz CT molecular complexity index is 1360. The molecule has 4 aromatic rings. The lowest BCUT2D eigenvalue weighted by Gasteiger charge is -2.15. The second-order valence-electron chi connectivity index (χ2n) is 7.99. The molecule has 0 saturated carbocycles. The zero-order valence-corrected chi connectivity index (χ0v) is 18.5. The molecule has 3 aromatic heterocycles. The van der Waals surface area contributed by atoms with Crippen LogP contribution in [0.15, 0.2) is 49.1 Å². The van der Waals surface area contributed by atoms with Gasteiger partial charge in [0.25, 0.3) is 0 Å². The predicted octanol–water partition coefficient (Wildman–Crippen LogP) is 5.20.